The summed E-state index contributed by atoms with van der Waals surface area (Å²) in [4.78, 5) is 2.62. The minimum atomic E-state index is 0.513. The lowest BCUT2D eigenvalue weighted by Gasteiger charge is -2.35. The van der Waals surface area contributed by atoms with Gasteiger partial charge in [-0.2, -0.15) is 0 Å². The average Bonchev–Trinajstić information content (AvgIpc) is 2.73. The largest absolute Gasteiger partial charge is 0.367 e. The van der Waals surface area contributed by atoms with E-state index in [2.05, 4.69) is 100 Å². The van der Waals surface area contributed by atoms with Crippen LogP contribution in [-0.2, 0) is 0 Å². The monoisotopic (exact) mass is 394 g/mol. The number of nitrogens with one attached hydrogen (secondary N) is 1. The van der Waals surface area contributed by atoms with Crippen molar-refractivity contribution < 1.29 is 0 Å². The molecule has 0 aliphatic carbocycles. The second kappa shape index (κ2) is 14.1. The van der Waals surface area contributed by atoms with Crippen LogP contribution in [0.25, 0.3) is 0 Å². The van der Waals surface area contributed by atoms with Crippen molar-refractivity contribution in [1.29, 1.82) is 0 Å². The number of hydrogen-bond acceptors (Lipinski definition) is 2. The molecule has 0 saturated heterocycles. The Morgan fingerprint density at radius 1 is 0.607 bits per heavy atom. The smallest absolute Gasteiger partial charge is 0.0412 e. The fraction of sp³-hybridized carbons (Fsp3) is 0.846. The topological polar surface area (TPSA) is 15.3 Å². The summed E-state index contributed by atoms with van der Waals surface area (Å²) in [6.45, 7) is 34.7. The van der Waals surface area contributed by atoms with Gasteiger partial charge in [0, 0.05) is 29.7 Å². The van der Waals surface area contributed by atoms with E-state index in [1.807, 2.05) is 13.8 Å². The van der Waals surface area contributed by atoms with Crippen LogP contribution in [0.15, 0.2) is 22.7 Å². The van der Waals surface area contributed by atoms with E-state index in [4.69, 9.17) is 0 Å². The van der Waals surface area contributed by atoms with E-state index in [9.17, 15) is 0 Å². The van der Waals surface area contributed by atoms with Gasteiger partial charge in [-0.1, -0.05) is 90.0 Å². The fourth-order valence-corrected chi connectivity index (χ4v) is 3.35. The lowest BCUT2D eigenvalue weighted by molar-refractivity contribution is 0.267. The molecule has 0 aromatic rings. The summed E-state index contributed by atoms with van der Waals surface area (Å²) in [6, 6.07) is 0.521. The molecule has 1 aliphatic heterocycles. The molecule has 0 radical (unpaired) electrons. The van der Waals surface area contributed by atoms with Crippen molar-refractivity contribution in [1.82, 2.24) is 10.2 Å². The van der Waals surface area contributed by atoms with Crippen LogP contribution in [0, 0.1) is 29.6 Å². The molecule has 0 spiro atoms. The van der Waals surface area contributed by atoms with Gasteiger partial charge < -0.3 is 10.2 Å². The zero-order valence-corrected chi connectivity index (χ0v) is 22.1. The second-order valence-electron chi connectivity index (χ2n) is 9.94. The Balaban J connectivity index is 0. The normalized spacial score (nSPS) is 15.2. The highest BCUT2D eigenvalue weighted by Crippen LogP contribution is 2.33. The highest BCUT2D eigenvalue weighted by Gasteiger charge is 2.29. The molecule has 0 aromatic heterocycles. The zero-order valence-electron chi connectivity index (χ0n) is 22.1. The Kier molecular flexibility index (Phi) is 14.8. The Labute approximate surface area is 179 Å². The van der Waals surface area contributed by atoms with E-state index in [0.29, 0.717) is 29.7 Å². The van der Waals surface area contributed by atoms with E-state index in [-0.39, 0.29) is 0 Å². The number of hydrogen-bond donors (Lipinski definition) is 1. The van der Waals surface area contributed by atoms with Crippen molar-refractivity contribution in [2.75, 3.05) is 6.54 Å². The van der Waals surface area contributed by atoms with Crippen molar-refractivity contribution in [3.63, 3.8) is 0 Å². The SMILES string of the molecule is CC.CC(C)C.CC(C)C1=C(C(C)C)NC(C(C)C)=C(C(C)C)N(C(C)C)C1. The molecule has 28 heavy (non-hydrogen) atoms. The summed E-state index contributed by atoms with van der Waals surface area (Å²) >= 11 is 0. The maximum Gasteiger partial charge on any atom is 0.0412 e. The van der Waals surface area contributed by atoms with Gasteiger partial charge in [-0.25, -0.2) is 0 Å². The Hall–Kier alpha value is -0.920. The summed E-state index contributed by atoms with van der Waals surface area (Å²) in [5.41, 5.74) is 5.93. The lowest BCUT2D eigenvalue weighted by atomic mass is 9.94. The third kappa shape index (κ3) is 9.52. The van der Waals surface area contributed by atoms with E-state index in [0.717, 1.165) is 12.5 Å². The van der Waals surface area contributed by atoms with Crippen molar-refractivity contribution in [2.45, 2.75) is 110 Å². The van der Waals surface area contributed by atoms with E-state index in [1.54, 1.807) is 5.57 Å². The molecule has 0 saturated carbocycles. The Morgan fingerprint density at radius 2 is 1.00 bits per heavy atom. The third-order valence-corrected chi connectivity index (χ3v) is 4.56. The molecule has 0 amide bonds. The third-order valence-electron chi connectivity index (χ3n) is 4.56. The molecule has 1 heterocycles. The van der Waals surface area contributed by atoms with Gasteiger partial charge in [0.1, 0.15) is 0 Å². The highest BCUT2D eigenvalue weighted by molar-refractivity contribution is 5.31. The first kappa shape index (κ1) is 29.3. The van der Waals surface area contributed by atoms with Crippen LogP contribution in [0.4, 0.5) is 0 Å². The van der Waals surface area contributed by atoms with Gasteiger partial charge in [0.15, 0.2) is 0 Å². The van der Waals surface area contributed by atoms with Crippen LogP contribution in [0.2, 0.25) is 0 Å². The molecule has 2 nitrogen and oxygen atoms in total. The summed E-state index contributed by atoms with van der Waals surface area (Å²) in [7, 11) is 0. The van der Waals surface area contributed by atoms with Gasteiger partial charge in [-0.05, 0) is 49.0 Å². The van der Waals surface area contributed by atoms with Crippen LogP contribution in [-0.4, -0.2) is 17.5 Å². The molecular formula is C26H54N2. The highest BCUT2D eigenvalue weighted by atomic mass is 15.2. The molecule has 1 rings (SSSR count). The molecular weight excluding hydrogens is 340 g/mol. The van der Waals surface area contributed by atoms with Gasteiger partial charge in [-0.15, -0.1) is 0 Å². The van der Waals surface area contributed by atoms with Crippen LogP contribution in [0.3, 0.4) is 0 Å². The first-order chi connectivity index (χ1) is 12.8. The van der Waals surface area contributed by atoms with Crippen LogP contribution < -0.4 is 5.32 Å². The quantitative estimate of drug-likeness (QED) is 0.507. The summed E-state index contributed by atoms with van der Waals surface area (Å²) in [5.74, 6) is 2.99. The first-order valence-electron chi connectivity index (χ1n) is 11.8. The molecule has 0 unspecified atom stereocenters. The Morgan fingerprint density at radius 3 is 1.25 bits per heavy atom. The minimum Gasteiger partial charge on any atom is -0.367 e. The van der Waals surface area contributed by atoms with Crippen LogP contribution in [0.5, 0.6) is 0 Å². The zero-order chi connectivity index (χ0) is 22.8. The number of nitrogens with zero attached hydrogens (tertiary/aromatic N) is 1. The van der Waals surface area contributed by atoms with Gasteiger partial charge in [0.25, 0.3) is 0 Å². The van der Waals surface area contributed by atoms with Crippen molar-refractivity contribution in [3.05, 3.63) is 22.7 Å². The fourth-order valence-electron chi connectivity index (χ4n) is 3.35. The summed E-state index contributed by atoms with van der Waals surface area (Å²) in [5, 5.41) is 3.88. The molecule has 1 N–H and O–H groups in total. The van der Waals surface area contributed by atoms with Gasteiger partial charge in [-0.3, -0.25) is 0 Å². The molecule has 2 heteroatoms. The molecule has 0 aromatic carbocycles. The molecule has 1 aliphatic rings. The van der Waals surface area contributed by atoms with Gasteiger partial charge in [0.2, 0.25) is 0 Å². The molecule has 0 atom stereocenters. The summed E-state index contributed by atoms with van der Waals surface area (Å²) < 4.78 is 0. The average molecular weight is 395 g/mol. The number of allylic oxidation sites excluding steroid dienone is 3. The van der Waals surface area contributed by atoms with Crippen molar-refractivity contribution >= 4 is 0 Å². The predicted molar refractivity (Wildman–Crippen MR) is 130 cm³/mol. The maximum absolute atomic E-state index is 3.88. The lowest BCUT2D eigenvalue weighted by Crippen LogP contribution is -2.35. The van der Waals surface area contributed by atoms with Gasteiger partial charge >= 0.3 is 0 Å². The van der Waals surface area contributed by atoms with Gasteiger partial charge in [0.05, 0.1) is 0 Å². The minimum absolute atomic E-state index is 0.513. The molecule has 168 valence electrons. The van der Waals surface area contributed by atoms with E-state index >= 15 is 0 Å². The summed E-state index contributed by atoms with van der Waals surface area (Å²) in [6.07, 6.45) is 0. The van der Waals surface area contributed by atoms with Crippen LogP contribution >= 0.6 is 0 Å². The molecule has 0 bridgehead atoms. The van der Waals surface area contributed by atoms with Crippen LogP contribution in [0.1, 0.15) is 104 Å². The van der Waals surface area contributed by atoms with E-state index < -0.39 is 0 Å². The number of rotatable bonds is 5. The molecule has 0 fully saturated rings. The Bertz CT molecular complexity index is 474. The second-order valence-corrected chi connectivity index (χ2v) is 9.94. The van der Waals surface area contributed by atoms with E-state index in [1.165, 1.54) is 17.1 Å². The maximum atomic E-state index is 3.88. The first-order valence-corrected chi connectivity index (χ1v) is 11.8. The predicted octanol–water partition coefficient (Wildman–Crippen LogP) is 8.08. The van der Waals surface area contributed by atoms with Crippen molar-refractivity contribution in [3.8, 4) is 0 Å². The van der Waals surface area contributed by atoms with Crippen molar-refractivity contribution in [2.24, 2.45) is 29.6 Å². The standard InChI is InChI=1S/C20H38N2.C4H10.C2H6/c1-12(2)17-11-22(16(9)10)20(15(7)8)19(14(5)6)21-18(17)13(3)4;1-4(2)3;1-2/h12-16,21H,11H2,1-10H3;4H,1-3H3;1-2H3.